The molecule has 6 heteroatoms. The Labute approximate surface area is 347 Å². The molecule has 0 saturated carbocycles. The molecule has 282 valence electrons. The van der Waals surface area contributed by atoms with Gasteiger partial charge in [-0.1, -0.05) is 133 Å². The van der Waals surface area contributed by atoms with E-state index >= 15 is 0 Å². The smallest absolute Gasteiger partial charge is 0.166 e. The molecule has 13 aromatic rings. The molecule has 1 aliphatic carbocycles. The SMILES string of the molecule is c1ccc(-c2nc(-c3ccc4c(c3)oc3ccccc34)nc(-c3c(-n4c5cccc6c5c5c7c(cccc7ccc54)-c4ccccc4-6)ccc4oc5ccccc5c34)n2)cc1. The van der Waals surface area contributed by atoms with E-state index in [-0.39, 0.29) is 0 Å². The van der Waals surface area contributed by atoms with Crippen molar-refractivity contribution in [3.8, 4) is 62.1 Å². The summed E-state index contributed by atoms with van der Waals surface area (Å²) in [4.78, 5) is 16.0. The molecule has 0 bridgehead atoms. The molecule has 61 heavy (non-hydrogen) atoms. The van der Waals surface area contributed by atoms with Crippen LogP contribution in [0, 0.1) is 0 Å². The largest absolute Gasteiger partial charge is 0.456 e. The second-order valence-corrected chi connectivity index (χ2v) is 15.9. The highest BCUT2D eigenvalue weighted by atomic mass is 16.3. The van der Waals surface area contributed by atoms with Crippen molar-refractivity contribution >= 4 is 76.5 Å². The normalized spacial score (nSPS) is 12.3. The van der Waals surface area contributed by atoms with Crippen molar-refractivity contribution in [2.45, 2.75) is 0 Å². The molecule has 0 amide bonds. The average Bonchev–Trinajstić information content (AvgIpc) is 3.98. The molecule has 0 unspecified atom stereocenters. The summed E-state index contributed by atoms with van der Waals surface area (Å²) in [5, 5.41) is 8.99. The van der Waals surface area contributed by atoms with Crippen molar-refractivity contribution in [2.24, 2.45) is 0 Å². The van der Waals surface area contributed by atoms with Gasteiger partial charge in [0.15, 0.2) is 17.5 Å². The van der Waals surface area contributed by atoms with Gasteiger partial charge in [0, 0.05) is 43.4 Å². The van der Waals surface area contributed by atoms with E-state index < -0.39 is 0 Å². The molecule has 6 nitrogen and oxygen atoms in total. The zero-order valence-corrected chi connectivity index (χ0v) is 32.4. The van der Waals surface area contributed by atoms with Gasteiger partial charge in [0.2, 0.25) is 0 Å². The minimum atomic E-state index is 0.547. The first-order valence-electron chi connectivity index (χ1n) is 20.5. The highest BCUT2D eigenvalue weighted by Gasteiger charge is 2.28. The van der Waals surface area contributed by atoms with Gasteiger partial charge in [0.1, 0.15) is 22.3 Å². The second kappa shape index (κ2) is 12.1. The van der Waals surface area contributed by atoms with Crippen LogP contribution in [-0.2, 0) is 0 Å². The van der Waals surface area contributed by atoms with E-state index in [4.69, 9.17) is 23.8 Å². The van der Waals surface area contributed by atoms with Gasteiger partial charge >= 0.3 is 0 Å². The summed E-state index contributed by atoms with van der Waals surface area (Å²) in [5.41, 5.74) is 13.9. The number of para-hydroxylation sites is 2. The third kappa shape index (κ3) is 4.53. The predicted octanol–water partition coefficient (Wildman–Crippen LogP) is 14.6. The predicted molar refractivity (Wildman–Crippen MR) is 247 cm³/mol. The van der Waals surface area contributed by atoms with Crippen LogP contribution in [0.15, 0.2) is 191 Å². The zero-order chi connectivity index (χ0) is 39.8. The van der Waals surface area contributed by atoms with Crippen LogP contribution in [-0.4, -0.2) is 19.5 Å². The number of rotatable bonds is 4. The number of nitrogens with zero attached hydrogens (tertiary/aromatic N) is 4. The number of hydrogen-bond donors (Lipinski definition) is 0. The first-order valence-corrected chi connectivity index (χ1v) is 20.5. The van der Waals surface area contributed by atoms with Crippen LogP contribution in [0.3, 0.4) is 0 Å². The molecule has 0 spiro atoms. The van der Waals surface area contributed by atoms with Crippen molar-refractivity contribution in [1.82, 2.24) is 19.5 Å². The lowest BCUT2D eigenvalue weighted by Crippen LogP contribution is -2.04. The van der Waals surface area contributed by atoms with Crippen molar-refractivity contribution < 1.29 is 8.83 Å². The Morgan fingerprint density at radius 3 is 1.80 bits per heavy atom. The van der Waals surface area contributed by atoms with Gasteiger partial charge in [-0.3, -0.25) is 0 Å². The van der Waals surface area contributed by atoms with Gasteiger partial charge in [-0.2, -0.15) is 0 Å². The molecule has 4 aromatic heterocycles. The van der Waals surface area contributed by atoms with E-state index in [1.54, 1.807) is 0 Å². The first kappa shape index (κ1) is 32.6. The molecule has 4 heterocycles. The summed E-state index contributed by atoms with van der Waals surface area (Å²) in [6.45, 7) is 0. The molecule has 1 aliphatic rings. The van der Waals surface area contributed by atoms with Crippen molar-refractivity contribution in [1.29, 1.82) is 0 Å². The fourth-order valence-corrected chi connectivity index (χ4v) is 10.0. The Hall–Kier alpha value is -8.35. The number of aromatic nitrogens is 4. The minimum Gasteiger partial charge on any atom is -0.456 e. The number of furan rings is 2. The second-order valence-electron chi connectivity index (χ2n) is 15.9. The molecule has 9 aromatic carbocycles. The molecule has 0 saturated heterocycles. The topological polar surface area (TPSA) is 69.9 Å². The van der Waals surface area contributed by atoms with E-state index in [9.17, 15) is 0 Å². The van der Waals surface area contributed by atoms with Gasteiger partial charge in [-0.05, 0) is 81.6 Å². The maximum Gasteiger partial charge on any atom is 0.166 e. The van der Waals surface area contributed by atoms with Crippen LogP contribution in [0.1, 0.15) is 0 Å². The van der Waals surface area contributed by atoms with Crippen molar-refractivity contribution in [2.75, 3.05) is 0 Å². The fraction of sp³-hybridized carbons (Fsp3) is 0. The third-order valence-electron chi connectivity index (χ3n) is 12.6. The molecule has 0 fully saturated rings. The van der Waals surface area contributed by atoms with E-state index in [2.05, 4.69) is 120 Å². The van der Waals surface area contributed by atoms with Crippen LogP contribution < -0.4 is 0 Å². The molecule has 0 aliphatic heterocycles. The molecule has 0 radical (unpaired) electrons. The monoisotopic (exact) mass is 778 g/mol. The molecular weight excluding hydrogens is 749 g/mol. The molecular formula is C55H30N4O2. The Morgan fingerprint density at radius 2 is 0.967 bits per heavy atom. The molecule has 0 atom stereocenters. The van der Waals surface area contributed by atoms with Gasteiger partial charge in [-0.15, -0.1) is 0 Å². The van der Waals surface area contributed by atoms with Crippen LogP contribution in [0.25, 0.3) is 139 Å². The standard InChI is InChI=1S/C55H30N4O2/c1-2-12-32(13-3-1)53-56-54(33-24-26-37-36-17-6-8-22-44(36)61-47(37)30-33)58-55(57-53)52-43(28-29-46-50(52)40-18-7-9-23-45(40)60-46)59-41-21-11-20-39-35-16-5-4-15-34(35)38-19-10-14-31-25-27-42(59)51(48(31)38)49(39)41/h1-30H. The summed E-state index contributed by atoms with van der Waals surface area (Å²) in [6, 6.07) is 63.7. The van der Waals surface area contributed by atoms with Crippen LogP contribution >= 0.6 is 0 Å². The summed E-state index contributed by atoms with van der Waals surface area (Å²) >= 11 is 0. The summed E-state index contributed by atoms with van der Waals surface area (Å²) in [7, 11) is 0. The first-order chi connectivity index (χ1) is 30.2. The highest BCUT2D eigenvalue weighted by Crippen LogP contribution is 2.51. The maximum atomic E-state index is 6.62. The quantitative estimate of drug-likeness (QED) is 0.178. The zero-order valence-electron chi connectivity index (χ0n) is 32.4. The number of benzene rings is 9. The van der Waals surface area contributed by atoms with Crippen LogP contribution in [0.2, 0.25) is 0 Å². The lowest BCUT2D eigenvalue weighted by molar-refractivity contribution is 0.668. The van der Waals surface area contributed by atoms with Crippen molar-refractivity contribution in [3.05, 3.63) is 182 Å². The number of fused-ring (bicyclic) bond motifs is 9. The molecule has 0 N–H and O–H groups in total. The van der Waals surface area contributed by atoms with E-state index in [1.165, 1.54) is 43.8 Å². The lowest BCUT2D eigenvalue weighted by atomic mass is 9.93. The van der Waals surface area contributed by atoms with Crippen LogP contribution in [0.4, 0.5) is 0 Å². The number of hydrogen-bond acceptors (Lipinski definition) is 5. The third-order valence-corrected chi connectivity index (χ3v) is 12.6. The van der Waals surface area contributed by atoms with Crippen LogP contribution in [0.5, 0.6) is 0 Å². The van der Waals surface area contributed by atoms with Crippen molar-refractivity contribution in [3.63, 3.8) is 0 Å². The maximum absolute atomic E-state index is 6.62. The van der Waals surface area contributed by atoms with Gasteiger partial charge in [0.25, 0.3) is 0 Å². The van der Waals surface area contributed by atoms with Gasteiger partial charge < -0.3 is 13.4 Å². The van der Waals surface area contributed by atoms with E-state index in [1.807, 2.05) is 66.7 Å². The summed E-state index contributed by atoms with van der Waals surface area (Å²) < 4.78 is 15.4. The minimum absolute atomic E-state index is 0.547. The Kier molecular flexibility index (Phi) is 6.46. The molecule has 14 rings (SSSR count). The fourth-order valence-electron chi connectivity index (χ4n) is 10.0. The lowest BCUT2D eigenvalue weighted by Gasteiger charge is -2.17. The van der Waals surface area contributed by atoms with Gasteiger partial charge in [-0.25, -0.2) is 15.0 Å². The van der Waals surface area contributed by atoms with Gasteiger partial charge in [0.05, 0.1) is 22.3 Å². The van der Waals surface area contributed by atoms with E-state index in [0.717, 1.165) is 77.3 Å². The van der Waals surface area contributed by atoms with E-state index in [0.29, 0.717) is 17.5 Å². The Morgan fingerprint density at radius 1 is 0.344 bits per heavy atom. The Balaban J connectivity index is 1.12. The summed E-state index contributed by atoms with van der Waals surface area (Å²) in [6.07, 6.45) is 0. The average molecular weight is 779 g/mol. The Bertz CT molecular complexity index is 4010. The highest BCUT2D eigenvalue weighted by molar-refractivity contribution is 6.31. The summed E-state index contributed by atoms with van der Waals surface area (Å²) in [5.74, 6) is 1.67.